The minimum Gasteiger partial charge on any atom is -0.397 e. The van der Waals surface area contributed by atoms with Crippen LogP contribution in [0.1, 0.15) is 34.3 Å². The maximum atomic E-state index is 12.9. The summed E-state index contributed by atoms with van der Waals surface area (Å²) in [6.45, 7) is 5.31. The Hall–Kier alpha value is -3.42. The zero-order chi connectivity index (χ0) is 26.7. The van der Waals surface area contributed by atoms with Crippen LogP contribution in [0.25, 0.3) is 15.8 Å². The molecule has 0 saturated carbocycles. The van der Waals surface area contributed by atoms with Gasteiger partial charge in [0.15, 0.2) is 0 Å². The van der Waals surface area contributed by atoms with Gasteiger partial charge in [-0.25, -0.2) is 4.98 Å². The standard InChI is InChI=1S/C25H27N3O7S/c1-3-4-17-9-10-19-20(26)21(36-23(19)28-17)22(29)27-18-7-5-15(6-8-18)14(2)13-16(25(33,34)35)11-12-24(30,31)32/h3,5-11,13,30-35H,1,4,12,26H2,2H3,(H,27,29)/b14-13+,16-11+. The Labute approximate surface area is 210 Å². The number of nitrogen functional groups attached to an aromatic ring is 1. The van der Waals surface area contributed by atoms with Gasteiger partial charge in [0.05, 0.1) is 5.69 Å². The summed E-state index contributed by atoms with van der Waals surface area (Å²) in [5, 5.41) is 59.1. The van der Waals surface area contributed by atoms with Crippen LogP contribution in [-0.4, -0.2) is 53.5 Å². The Morgan fingerprint density at radius 1 is 1.11 bits per heavy atom. The van der Waals surface area contributed by atoms with E-state index in [0.29, 0.717) is 44.0 Å². The van der Waals surface area contributed by atoms with Crippen molar-refractivity contribution in [2.75, 3.05) is 11.1 Å². The number of hydrogen-bond acceptors (Lipinski definition) is 10. The minimum absolute atomic E-state index is 0.334. The van der Waals surface area contributed by atoms with E-state index in [4.69, 9.17) is 21.1 Å². The van der Waals surface area contributed by atoms with Crippen molar-refractivity contribution in [2.24, 2.45) is 0 Å². The minimum atomic E-state index is -3.27. The Balaban J connectivity index is 1.79. The molecule has 0 radical (unpaired) electrons. The fourth-order valence-electron chi connectivity index (χ4n) is 3.33. The van der Waals surface area contributed by atoms with Crippen LogP contribution < -0.4 is 11.1 Å². The smallest absolute Gasteiger partial charge is 0.304 e. The molecule has 9 N–H and O–H groups in total. The summed E-state index contributed by atoms with van der Waals surface area (Å²) < 4.78 is 0. The molecule has 190 valence electrons. The third-order valence-corrected chi connectivity index (χ3v) is 6.28. The third kappa shape index (κ3) is 6.83. The van der Waals surface area contributed by atoms with Crippen LogP contribution in [0.4, 0.5) is 11.4 Å². The molecular formula is C25H27N3O7S. The van der Waals surface area contributed by atoms with Gasteiger partial charge in [0, 0.05) is 35.2 Å². The number of nitrogens with zero attached hydrogens (tertiary/aromatic N) is 1. The van der Waals surface area contributed by atoms with Gasteiger partial charge in [0.25, 0.3) is 11.9 Å². The van der Waals surface area contributed by atoms with Crippen LogP contribution in [0, 0.1) is 0 Å². The average molecular weight is 514 g/mol. The molecule has 0 aliphatic carbocycles. The Morgan fingerprint density at radius 2 is 1.78 bits per heavy atom. The van der Waals surface area contributed by atoms with E-state index in [0.717, 1.165) is 11.8 Å². The molecule has 1 amide bonds. The lowest BCUT2D eigenvalue weighted by molar-refractivity contribution is -0.309. The summed E-state index contributed by atoms with van der Waals surface area (Å²) in [5.74, 6) is -6.75. The summed E-state index contributed by atoms with van der Waals surface area (Å²) in [7, 11) is 0. The van der Waals surface area contributed by atoms with Crippen molar-refractivity contribution in [3.05, 3.63) is 82.9 Å². The predicted octanol–water partition coefficient (Wildman–Crippen LogP) is 1.84. The highest BCUT2D eigenvalue weighted by molar-refractivity contribution is 7.21. The molecule has 0 aliphatic heterocycles. The van der Waals surface area contributed by atoms with Crippen LogP contribution >= 0.6 is 11.3 Å². The predicted molar refractivity (Wildman–Crippen MR) is 137 cm³/mol. The molecule has 2 aromatic heterocycles. The molecule has 0 fully saturated rings. The van der Waals surface area contributed by atoms with Gasteiger partial charge >= 0.3 is 5.97 Å². The summed E-state index contributed by atoms with van der Waals surface area (Å²) in [6, 6.07) is 10.2. The Bertz CT molecular complexity index is 1330. The van der Waals surface area contributed by atoms with E-state index in [1.807, 2.05) is 12.1 Å². The molecule has 1 aromatic carbocycles. The number of rotatable bonds is 9. The monoisotopic (exact) mass is 513 g/mol. The lowest BCUT2D eigenvalue weighted by atomic mass is 10.0. The molecule has 10 nitrogen and oxygen atoms in total. The Kier molecular flexibility index (Phi) is 8.06. The fourth-order valence-corrected chi connectivity index (χ4v) is 4.33. The lowest BCUT2D eigenvalue weighted by Gasteiger charge is -2.18. The maximum Gasteiger partial charge on any atom is 0.304 e. The number of nitrogens with one attached hydrogen (secondary N) is 1. The average Bonchev–Trinajstić information content (AvgIpc) is 3.11. The first-order valence-corrected chi connectivity index (χ1v) is 11.5. The van der Waals surface area contributed by atoms with Crippen LogP contribution in [0.5, 0.6) is 0 Å². The number of benzene rings is 1. The second kappa shape index (κ2) is 10.7. The van der Waals surface area contributed by atoms with Crippen molar-refractivity contribution in [3.63, 3.8) is 0 Å². The molecule has 2 heterocycles. The quantitative estimate of drug-likeness (QED) is 0.120. The van der Waals surface area contributed by atoms with Crippen LogP contribution in [0.15, 0.2) is 66.8 Å². The van der Waals surface area contributed by atoms with E-state index in [9.17, 15) is 20.1 Å². The molecule has 3 rings (SSSR count). The molecule has 11 heteroatoms. The number of aromatic nitrogens is 1. The molecule has 0 bridgehead atoms. The first-order chi connectivity index (χ1) is 16.8. The summed E-state index contributed by atoms with van der Waals surface area (Å²) >= 11 is 1.19. The van der Waals surface area contributed by atoms with Crippen molar-refractivity contribution in [2.45, 2.75) is 31.7 Å². The molecule has 0 unspecified atom stereocenters. The highest BCUT2D eigenvalue weighted by atomic mass is 32.1. The van der Waals surface area contributed by atoms with Gasteiger partial charge in [-0.15, -0.1) is 17.9 Å². The van der Waals surface area contributed by atoms with Gasteiger partial charge in [-0.2, -0.15) is 0 Å². The third-order valence-electron chi connectivity index (χ3n) is 5.16. The highest BCUT2D eigenvalue weighted by Crippen LogP contribution is 2.33. The van der Waals surface area contributed by atoms with Crippen molar-refractivity contribution in [3.8, 4) is 0 Å². The zero-order valence-corrected chi connectivity index (χ0v) is 20.2. The van der Waals surface area contributed by atoms with E-state index in [2.05, 4.69) is 16.9 Å². The Morgan fingerprint density at radius 3 is 2.36 bits per heavy atom. The van der Waals surface area contributed by atoms with E-state index in [-0.39, 0.29) is 0 Å². The summed E-state index contributed by atoms with van der Waals surface area (Å²) in [4.78, 5) is 18.4. The van der Waals surface area contributed by atoms with Gasteiger partial charge < -0.3 is 41.7 Å². The molecule has 0 atom stereocenters. The van der Waals surface area contributed by atoms with E-state index < -0.39 is 29.8 Å². The molecule has 0 saturated heterocycles. The van der Waals surface area contributed by atoms with Crippen molar-refractivity contribution < 1.29 is 35.4 Å². The molecule has 0 spiro atoms. The molecule has 36 heavy (non-hydrogen) atoms. The fraction of sp³-hybridized carbons (Fsp3) is 0.200. The number of anilines is 2. The number of pyridine rings is 1. The van der Waals surface area contributed by atoms with Gasteiger partial charge in [-0.3, -0.25) is 4.79 Å². The van der Waals surface area contributed by atoms with Crippen LogP contribution in [-0.2, 0) is 6.42 Å². The van der Waals surface area contributed by atoms with Crippen LogP contribution in [0.3, 0.4) is 0 Å². The molecule has 3 aromatic rings. The first kappa shape index (κ1) is 27.2. The highest BCUT2D eigenvalue weighted by Gasteiger charge is 2.26. The SMILES string of the molecule is C=CCc1ccc2c(N)c(C(=O)Nc3ccc(/C(C)=C/C(=C\CC(O)(O)O)C(O)(O)O)cc3)sc2n1. The van der Waals surface area contributed by atoms with Gasteiger partial charge in [0.2, 0.25) is 0 Å². The second-order valence-electron chi connectivity index (χ2n) is 8.13. The number of amides is 1. The normalized spacial score (nSPS) is 13.2. The van der Waals surface area contributed by atoms with Crippen LogP contribution in [0.2, 0.25) is 0 Å². The maximum absolute atomic E-state index is 12.9. The van der Waals surface area contributed by atoms with Crippen molar-refractivity contribution in [1.82, 2.24) is 4.98 Å². The molecular weight excluding hydrogens is 486 g/mol. The van der Waals surface area contributed by atoms with Crippen molar-refractivity contribution in [1.29, 1.82) is 0 Å². The van der Waals surface area contributed by atoms with Gasteiger partial charge in [-0.1, -0.05) is 24.3 Å². The summed E-state index contributed by atoms with van der Waals surface area (Å²) in [6.07, 6.45) is 3.63. The number of nitrogens with two attached hydrogens (primary N) is 1. The van der Waals surface area contributed by atoms with Gasteiger partial charge in [-0.05, 0) is 48.4 Å². The largest absolute Gasteiger partial charge is 0.397 e. The molecule has 0 aliphatic rings. The second-order valence-corrected chi connectivity index (χ2v) is 9.12. The summed E-state index contributed by atoms with van der Waals surface area (Å²) in [5.41, 5.74) is 8.43. The topological polar surface area (TPSA) is 189 Å². The van der Waals surface area contributed by atoms with Gasteiger partial charge in [0.1, 0.15) is 9.71 Å². The first-order valence-electron chi connectivity index (χ1n) is 10.7. The number of aliphatic hydroxyl groups is 6. The van der Waals surface area contributed by atoms with E-state index in [1.54, 1.807) is 37.3 Å². The zero-order valence-electron chi connectivity index (χ0n) is 19.3. The number of fused-ring (bicyclic) bond motifs is 1. The number of allylic oxidation sites excluding steroid dienone is 2. The number of carbonyl (C=O) groups excluding carboxylic acids is 1. The van der Waals surface area contributed by atoms with E-state index in [1.165, 1.54) is 17.4 Å². The van der Waals surface area contributed by atoms with E-state index >= 15 is 0 Å². The number of hydrogen-bond donors (Lipinski definition) is 8. The van der Waals surface area contributed by atoms with Crippen molar-refractivity contribution >= 4 is 44.4 Å². The number of carbonyl (C=O) groups is 1. The number of thiophene rings is 1. The lowest BCUT2D eigenvalue weighted by Crippen LogP contribution is -2.31.